The average Bonchev–Trinajstić information content (AvgIpc) is 3.07. The van der Waals surface area contributed by atoms with Gasteiger partial charge in [0.1, 0.15) is 6.61 Å². The quantitative estimate of drug-likeness (QED) is 0.343. The van der Waals surface area contributed by atoms with E-state index in [2.05, 4.69) is 15.9 Å². The number of benzene rings is 2. The first-order valence-electron chi connectivity index (χ1n) is 11.4. The van der Waals surface area contributed by atoms with Crippen LogP contribution in [0.3, 0.4) is 0 Å². The third-order valence-electron chi connectivity index (χ3n) is 5.89. The number of carbonyl (C=O) groups excluding carboxylic acids is 2. The molecule has 0 unspecified atom stereocenters. The first-order chi connectivity index (χ1) is 16.0. The van der Waals surface area contributed by atoms with E-state index in [0.29, 0.717) is 42.1 Å². The Hall–Kier alpha value is -2.25. The fraction of sp³-hybridized carbons (Fsp3) is 0.385. The second kappa shape index (κ2) is 11.3. The van der Waals surface area contributed by atoms with Gasteiger partial charge in [0.15, 0.2) is 11.5 Å². The molecular formula is C26H28BrNO4S. The summed E-state index contributed by atoms with van der Waals surface area (Å²) in [4.78, 5) is 27.4. The lowest BCUT2D eigenvalue weighted by molar-refractivity contribution is -0.123. The molecule has 1 aliphatic carbocycles. The van der Waals surface area contributed by atoms with Crippen molar-refractivity contribution in [2.24, 2.45) is 5.92 Å². The molecule has 2 fully saturated rings. The topological polar surface area (TPSA) is 55.8 Å². The van der Waals surface area contributed by atoms with Gasteiger partial charge in [0, 0.05) is 6.54 Å². The predicted octanol–water partition coefficient (Wildman–Crippen LogP) is 7.04. The van der Waals surface area contributed by atoms with Crippen molar-refractivity contribution in [1.29, 1.82) is 0 Å². The van der Waals surface area contributed by atoms with Crippen molar-refractivity contribution in [3.8, 4) is 11.5 Å². The number of nitrogens with zero attached hydrogens (tertiary/aromatic N) is 1. The molecule has 5 nitrogen and oxygen atoms in total. The Morgan fingerprint density at radius 3 is 2.58 bits per heavy atom. The number of hydrogen-bond acceptors (Lipinski definition) is 5. The minimum absolute atomic E-state index is 0.177. The van der Waals surface area contributed by atoms with Crippen LogP contribution in [0.2, 0.25) is 0 Å². The molecule has 174 valence electrons. The van der Waals surface area contributed by atoms with E-state index >= 15 is 0 Å². The van der Waals surface area contributed by atoms with Gasteiger partial charge >= 0.3 is 0 Å². The number of thioether (sulfide) groups is 1. The van der Waals surface area contributed by atoms with E-state index < -0.39 is 0 Å². The maximum atomic E-state index is 13.0. The van der Waals surface area contributed by atoms with E-state index in [4.69, 9.17) is 9.47 Å². The highest BCUT2D eigenvalue weighted by atomic mass is 79.9. The number of ether oxygens (including phenoxy) is 2. The van der Waals surface area contributed by atoms with Crippen molar-refractivity contribution in [3.63, 3.8) is 0 Å². The van der Waals surface area contributed by atoms with Crippen LogP contribution in [0.5, 0.6) is 11.5 Å². The fourth-order valence-electron chi connectivity index (χ4n) is 4.24. The van der Waals surface area contributed by atoms with Crippen molar-refractivity contribution in [2.45, 2.75) is 45.6 Å². The Morgan fingerprint density at radius 1 is 1.09 bits per heavy atom. The molecule has 33 heavy (non-hydrogen) atoms. The van der Waals surface area contributed by atoms with Gasteiger partial charge in [-0.15, -0.1) is 0 Å². The van der Waals surface area contributed by atoms with E-state index in [0.717, 1.165) is 40.2 Å². The highest BCUT2D eigenvalue weighted by molar-refractivity contribution is 9.10. The summed E-state index contributed by atoms with van der Waals surface area (Å²) in [6, 6.07) is 13.7. The Labute approximate surface area is 207 Å². The zero-order chi connectivity index (χ0) is 23.2. The molecule has 2 amide bonds. The number of rotatable bonds is 8. The second-order valence-electron chi connectivity index (χ2n) is 8.33. The summed E-state index contributed by atoms with van der Waals surface area (Å²) in [6.07, 6.45) is 7.57. The van der Waals surface area contributed by atoms with E-state index in [1.54, 1.807) is 6.08 Å². The molecule has 0 atom stereocenters. The van der Waals surface area contributed by atoms with Gasteiger partial charge in [-0.2, -0.15) is 0 Å². The van der Waals surface area contributed by atoms with Crippen LogP contribution < -0.4 is 9.47 Å². The number of halogens is 1. The maximum absolute atomic E-state index is 13.0. The van der Waals surface area contributed by atoms with Gasteiger partial charge in [0.25, 0.3) is 11.1 Å². The smallest absolute Gasteiger partial charge is 0.293 e. The predicted molar refractivity (Wildman–Crippen MR) is 135 cm³/mol. The summed E-state index contributed by atoms with van der Waals surface area (Å²) in [5.74, 6) is 1.43. The van der Waals surface area contributed by atoms with Crippen LogP contribution in [-0.4, -0.2) is 29.2 Å². The van der Waals surface area contributed by atoms with Crippen molar-refractivity contribution in [3.05, 3.63) is 63.0 Å². The minimum atomic E-state index is -0.200. The molecule has 2 aromatic carbocycles. The number of carbonyl (C=O) groups is 2. The number of hydrogen-bond donors (Lipinski definition) is 0. The third-order valence-corrected chi connectivity index (χ3v) is 7.39. The van der Waals surface area contributed by atoms with Crippen molar-refractivity contribution >= 4 is 44.9 Å². The number of amides is 2. The molecule has 0 spiro atoms. The monoisotopic (exact) mass is 529 g/mol. The van der Waals surface area contributed by atoms with Crippen molar-refractivity contribution in [2.75, 3.05) is 13.2 Å². The van der Waals surface area contributed by atoms with Gasteiger partial charge in [-0.25, -0.2) is 0 Å². The Kier molecular flexibility index (Phi) is 8.15. The van der Waals surface area contributed by atoms with E-state index in [1.807, 2.05) is 49.4 Å². The van der Waals surface area contributed by atoms with E-state index in [1.165, 1.54) is 24.2 Å². The van der Waals surface area contributed by atoms with E-state index in [9.17, 15) is 9.59 Å². The molecule has 0 N–H and O–H groups in total. The zero-order valence-electron chi connectivity index (χ0n) is 18.7. The average molecular weight is 530 g/mol. The van der Waals surface area contributed by atoms with Crippen LogP contribution in [-0.2, 0) is 11.4 Å². The molecule has 4 rings (SSSR count). The van der Waals surface area contributed by atoms with Gasteiger partial charge in [-0.3, -0.25) is 14.5 Å². The van der Waals surface area contributed by atoms with E-state index in [-0.39, 0.29) is 11.1 Å². The molecule has 7 heteroatoms. The van der Waals surface area contributed by atoms with Crippen LogP contribution in [0, 0.1) is 5.92 Å². The lowest BCUT2D eigenvalue weighted by Crippen LogP contribution is -2.34. The zero-order valence-corrected chi connectivity index (χ0v) is 21.1. The Balaban J connectivity index is 1.52. The molecule has 0 aromatic heterocycles. The minimum Gasteiger partial charge on any atom is -0.490 e. The second-order valence-corrected chi connectivity index (χ2v) is 10.2. The summed E-state index contributed by atoms with van der Waals surface area (Å²) in [7, 11) is 0. The summed E-state index contributed by atoms with van der Waals surface area (Å²) in [5, 5.41) is -0.177. The lowest BCUT2D eigenvalue weighted by atomic mass is 9.89. The van der Waals surface area contributed by atoms with Crippen LogP contribution in [0.25, 0.3) is 6.08 Å². The first kappa shape index (κ1) is 23.9. The Morgan fingerprint density at radius 2 is 1.85 bits per heavy atom. The van der Waals surface area contributed by atoms with Crippen LogP contribution >= 0.6 is 27.7 Å². The van der Waals surface area contributed by atoms with Gasteiger partial charge in [0.2, 0.25) is 0 Å². The summed E-state index contributed by atoms with van der Waals surface area (Å²) >= 11 is 4.61. The van der Waals surface area contributed by atoms with Gasteiger partial charge in [-0.05, 0) is 82.7 Å². The van der Waals surface area contributed by atoms with Gasteiger partial charge < -0.3 is 9.47 Å². The molecule has 1 saturated heterocycles. The molecule has 1 heterocycles. The van der Waals surface area contributed by atoms with Gasteiger partial charge in [0.05, 0.1) is 16.0 Å². The van der Waals surface area contributed by atoms with Gasteiger partial charge in [-0.1, -0.05) is 49.6 Å². The molecule has 0 radical (unpaired) electrons. The molecule has 1 aliphatic heterocycles. The summed E-state index contributed by atoms with van der Waals surface area (Å²) in [5.41, 5.74) is 1.84. The number of imide groups is 1. The van der Waals surface area contributed by atoms with Crippen LogP contribution in [0.15, 0.2) is 51.8 Å². The van der Waals surface area contributed by atoms with Crippen molar-refractivity contribution < 1.29 is 19.1 Å². The molecule has 2 aliphatic rings. The summed E-state index contributed by atoms with van der Waals surface area (Å²) < 4.78 is 12.6. The summed E-state index contributed by atoms with van der Waals surface area (Å²) in [6.45, 7) is 3.34. The molecule has 0 bridgehead atoms. The van der Waals surface area contributed by atoms with Crippen molar-refractivity contribution in [1.82, 2.24) is 4.90 Å². The van der Waals surface area contributed by atoms with Crippen LogP contribution in [0.4, 0.5) is 4.79 Å². The largest absolute Gasteiger partial charge is 0.490 e. The SMILES string of the molecule is CCOc1cc(/C=C2/SC(=O)N(CC3CCCCC3)C2=O)cc(Br)c1OCc1ccccc1. The fourth-order valence-corrected chi connectivity index (χ4v) is 5.66. The Bertz CT molecular complexity index is 1030. The van der Waals surface area contributed by atoms with Crippen LogP contribution in [0.1, 0.15) is 50.2 Å². The lowest BCUT2D eigenvalue weighted by Gasteiger charge is -2.25. The highest BCUT2D eigenvalue weighted by Gasteiger charge is 2.36. The first-order valence-corrected chi connectivity index (χ1v) is 13.0. The molecular weight excluding hydrogens is 502 g/mol. The standard InChI is InChI=1S/C26H28BrNO4S/c1-2-31-22-14-20(13-21(27)24(22)32-17-19-11-7-4-8-12-19)15-23-25(29)28(26(30)33-23)16-18-9-5-3-6-10-18/h4,7-8,11-15,18H,2-3,5-6,9-10,16-17H2,1H3/b23-15+. The normalized spacial score (nSPS) is 18.2. The third kappa shape index (κ3) is 6.01. The molecule has 2 aromatic rings. The molecule has 1 saturated carbocycles. The highest BCUT2D eigenvalue weighted by Crippen LogP contribution is 2.40. The maximum Gasteiger partial charge on any atom is 0.293 e.